The van der Waals surface area contributed by atoms with E-state index in [2.05, 4.69) is 39.2 Å². The first-order valence-electron chi connectivity index (χ1n) is 12.1. The highest BCUT2D eigenvalue weighted by molar-refractivity contribution is 5.87. The van der Waals surface area contributed by atoms with E-state index in [0.29, 0.717) is 37.0 Å². The predicted octanol–water partition coefficient (Wildman–Crippen LogP) is 6.29. The molecule has 0 amide bonds. The second-order valence-electron chi connectivity index (χ2n) is 9.42. The molecule has 36 heavy (non-hydrogen) atoms. The molecule has 0 N–H and O–H groups in total. The molecule has 0 unspecified atom stereocenters. The van der Waals surface area contributed by atoms with Gasteiger partial charge in [-0.3, -0.25) is 19.7 Å². The largest absolute Gasteiger partial charge is 0.300 e. The summed E-state index contributed by atoms with van der Waals surface area (Å²) < 4.78 is 4.59. The van der Waals surface area contributed by atoms with E-state index in [-0.39, 0.29) is 28.8 Å². The van der Waals surface area contributed by atoms with E-state index in [4.69, 9.17) is 0 Å². The first kappa shape index (κ1) is 26.7. The number of hydrogen-bond donors (Lipinski definition) is 0. The lowest BCUT2D eigenvalue weighted by Crippen LogP contribution is -2.09. The van der Waals surface area contributed by atoms with Crippen LogP contribution in [-0.4, -0.2) is 26.8 Å². The molecule has 0 radical (unpaired) electrons. The quantitative estimate of drug-likeness (QED) is 0.200. The zero-order chi connectivity index (χ0) is 26.2. The number of nitrogens with zero attached hydrogens (tertiary/aromatic N) is 3. The Morgan fingerprint density at radius 2 is 1.56 bits per heavy atom. The Morgan fingerprint density at radius 3 is 2.22 bits per heavy atom. The van der Waals surface area contributed by atoms with Gasteiger partial charge in [-0.2, -0.15) is 0 Å². The lowest BCUT2D eigenvalue weighted by molar-refractivity contribution is -0.383. The van der Waals surface area contributed by atoms with Crippen molar-refractivity contribution in [2.75, 3.05) is 0 Å². The number of aryl methyl sites for hydroxylation is 1. The molecule has 3 aromatic carbocycles. The molecule has 8 nitrogen and oxygen atoms in total. The summed E-state index contributed by atoms with van der Waals surface area (Å²) in [5.74, 6) is 0.656. The number of ketones is 2. The zero-order valence-corrected chi connectivity index (χ0v) is 21.1. The van der Waals surface area contributed by atoms with Gasteiger partial charge in [-0.25, -0.2) is 4.63 Å². The Hall–Kier alpha value is -3.94. The topological polar surface area (TPSA) is 116 Å². The zero-order valence-electron chi connectivity index (χ0n) is 21.1. The summed E-state index contributed by atoms with van der Waals surface area (Å²) in [5, 5.41) is 20.6. The average molecular weight is 490 g/mol. The van der Waals surface area contributed by atoms with E-state index in [1.165, 1.54) is 16.8 Å². The van der Waals surface area contributed by atoms with Crippen molar-refractivity contribution < 1.29 is 19.1 Å². The van der Waals surface area contributed by atoms with Crippen molar-refractivity contribution in [1.82, 2.24) is 10.3 Å². The third kappa shape index (κ3) is 6.81. The summed E-state index contributed by atoms with van der Waals surface area (Å²) in [4.78, 5) is 33.5. The van der Waals surface area contributed by atoms with E-state index in [1.807, 2.05) is 45.9 Å². The number of nitro benzene ring substituents is 1. The molecular formula is C28H31N3O5. The summed E-state index contributed by atoms with van der Waals surface area (Å²) in [5.41, 5.74) is 2.35. The highest BCUT2D eigenvalue weighted by atomic mass is 16.6. The summed E-state index contributed by atoms with van der Waals surface area (Å²) in [7, 11) is 0. The number of benzene rings is 3. The molecule has 0 aliphatic carbocycles. The lowest BCUT2D eigenvalue weighted by Gasteiger charge is -2.05. The van der Waals surface area contributed by atoms with Crippen LogP contribution in [0.3, 0.4) is 0 Å². The fourth-order valence-electron chi connectivity index (χ4n) is 3.75. The standard InChI is InChI=1S/C15H16O.C13H15N3O4/c1-11(2)15(16)10-12-7-8-13-5-3-4-6-14(13)9-12;1-8(2)11(17)5-3-4-9-6-7-10(16(18)19)13-12(9)14-20-15-13/h3-9,11H,10H2,1-2H3;6-8H,3-5H2,1-2H3. The highest BCUT2D eigenvalue weighted by Crippen LogP contribution is 2.26. The molecule has 4 aromatic rings. The van der Waals surface area contributed by atoms with Crippen LogP contribution >= 0.6 is 0 Å². The second kappa shape index (κ2) is 12.2. The molecule has 0 aliphatic rings. The van der Waals surface area contributed by atoms with E-state index in [1.54, 1.807) is 6.07 Å². The number of Topliss-reactive ketones (excluding diaryl/α,β-unsaturated/α-hetero) is 2. The molecule has 188 valence electrons. The van der Waals surface area contributed by atoms with Crippen molar-refractivity contribution in [1.29, 1.82) is 0 Å². The Balaban J connectivity index is 0.000000205. The Kier molecular flexibility index (Phi) is 9.00. The van der Waals surface area contributed by atoms with Crippen LogP contribution in [-0.2, 0) is 22.4 Å². The van der Waals surface area contributed by atoms with Gasteiger partial charge in [0.25, 0.3) is 0 Å². The monoisotopic (exact) mass is 489 g/mol. The van der Waals surface area contributed by atoms with Crippen molar-refractivity contribution in [3.63, 3.8) is 0 Å². The van der Waals surface area contributed by atoms with Gasteiger partial charge in [0, 0.05) is 30.7 Å². The normalized spacial score (nSPS) is 11.1. The molecule has 0 aliphatic heterocycles. The van der Waals surface area contributed by atoms with Gasteiger partial charge >= 0.3 is 5.69 Å². The van der Waals surface area contributed by atoms with Gasteiger partial charge in [-0.05, 0) is 51.1 Å². The number of carbonyl (C=O) groups is 2. The molecule has 4 rings (SSSR count). The molecule has 0 saturated carbocycles. The van der Waals surface area contributed by atoms with Crippen molar-refractivity contribution in [2.45, 2.75) is 53.4 Å². The first-order valence-corrected chi connectivity index (χ1v) is 12.1. The average Bonchev–Trinajstić information content (AvgIpc) is 3.34. The SMILES string of the molecule is CC(C)C(=O)CCCc1ccc([N+](=O)[O-])c2nonc12.CC(C)C(=O)Cc1ccc2ccccc2c1. The van der Waals surface area contributed by atoms with E-state index in [0.717, 1.165) is 11.1 Å². The Labute approximate surface area is 209 Å². The third-order valence-corrected chi connectivity index (χ3v) is 6.02. The minimum atomic E-state index is -0.515. The smallest absolute Gasteiger partial charge is 0.299 e. The van der Waals surface area contributed by atoms with Crippen LogP contribution in [0.15, 0.2) is 59.2 Å². The van der Waals surface area contributed by atoms with Gasteiger partial charge in [-0.1, -0.05) is 70.2 Å². The first-order chi connectivity index (χ1) is 17.2. The van der Waals surface area contributed by atoms with Crippen LogP contribution in [0, 0.1) is 22.0 Å². The maximum Gasteiger partial charge on any atom is 0.300 e. The van der Waals surface area contributed by atoms with Gasteiger partial charge in [0.2, 0.25) is 5.52 Å². The molecule has 8 heteroatoms. The van der Waals surface area contributed by atoms with Gasteiger partial charge < -0.3 is 0 Å². The van der Waals surface area contributed by atoms with Crippen molar-refractivity contribution >= 4 is 39.1 Å². The van der Waals surface area contributed by atoms with E-state index < -0.39 is 4.92 Å². The van der Waals surface area contributed by atoms with Crippen molar-refractivity contribution in [2.24, 2.45) is 11.8 Å². The minimum Gasteiger partial charge on any atom is -0.299 e. The lowest BCUT2D eigenvalue weighted by atomic mass is 9.99. The summed E-state index contributed by atoms with van der Waals surface area (Å²) >= 11 is 0. The molecule has 0 fully saturated rings. The molecule has 0 atom stereocenters. The van der Waals surface area contributed by atoms with Crippen LogP contribution in [0.4, 0.5) is 5.69 Å². The van der Waals surface area contributed by atoms with Crippen LogP contribution in [0.2, 0.25) is 0 Å². The van der Waals surface area contributed by atoms with Gasteiger partial charge in [0.15, 0.2) is 0 Å². The number of carbonyl (C=O) groups excluding carboxylic acids is 2. The van der Waals surface area contributed by atoms with Crippen molar-refractivity contribution in [3.05, 3.63) is 75.8 Å². The fourth-order valence-corrected chi connectivity index (χ4v) is 3.75. The molecule has 1 heterocycles. The maximum absolute atomic E-state index is 11.6. The molecule has 1 aromatic heterocycles. The summed E-state index contributed by atoms with van der Waals surface area (Å²) in [6, 6.07) is 17.5. The second-order valence-corrected chi connectivity index (χ2v) is 9.42. The summed E-state index contributed by atoms with van der Waals surface area (Å²) in [6.45, 7) is 7.63. The van der Waals surface area contributed by atoms with Gasteiger partial charge in [-0.15, -0.1) is 0 Å². The molecule has 0 saturated heterocycles. The number of rotatable bonds is 9. The van der Waals surface area contributed by atoms with Crippen LogP contribution in [0.1, 0.15) is 51.7 Å². The number of non-ortho nitro benzene ring substituents is 1. The van der Waals surface area contributed by atoms with Crippen LogP contribution in [0.5, 0.6) is 0 Å². The van der Waals surface area contributed by atoms with Crippen molar-refractivity contribution in [3.8, 4) is 0 Å². The fraction of sp³-hybridized carbons (Fsp3) is 0.357. The number of hydrogen-bond acceptors (Lipinski definition) is 7. The predicted molar refractivity (Wildman–Crippen MR) is 139 cm³/mol. The van der Waals surface area contributed by atoms with E-state index >= 15 is 0 Å². The molecular weight excluding hydrogens is 458 g/mol. The minimum absolute atomic E-state index is 0.0283. The Bertz CT molecular complexity index is 1370. The number of fused-ring (bicyclic) bond motifs is 2. The molecule has 0 spiro atoms. The maximum atomic E-state index is 11.6. The van der Waals surface area contributed by atoms with Gasteiger partial charge in [0.05, 0.1) is 4.92 Å². The van der Waals surface area contributed by atoms with Crippen LogP contribution < -0.4 is 0 Å². The Morgan fingerprint density at radius 1 is 0.889 bits per heavy atom. The van der Waals surface area contributed by atoms with Gasteiger partial charge in [0.1, 0.15) is 17.1 Å². The third-order valence-electron chi connectivity index (χ3n) is 6.02. The highest BCUT2D eigenvalue weighted by Gasteiger charge is 2.19. The van der Waals surface area contributed by atoms with Crippen LogP contribution in [0.25, 0.3) is 21.8 Å². The summed E-state index contributed by atoms with van der Waals surface area (Å²) in [6.07, 6.45) is 2.32. The number of aromatic nitrogens is 2. The van der Waals surface area contributed by atoms with E-state index in [9.17, 15) is 19.7 Å². The number of nitro groups is 1. The molecule has 0 bridgehead atoms.